The highest BCUT2D eigenvalue weighted by atomic mass is 35.5. The SMILES string of the molecule is CCNCc1cc(Cl)ccc1OCCCF. The molecule has 1 rings (SSSR count). The fourth-order valence-electron chi connectivity index (χ4n) is 1.32. The Hall–Kier alpha value is -0.800. The van der Waals surface area contributed by atoms with Gasteiger partial charge in [0.1, 0.15) is 5.75 Å². The van der Waals surface area contributed by atoms with Crippen molar-refractivity contribution in [1.29, 1.82) is 0 Å². The Bertz CT molecular complexity index is 320. The second kappa shape index (κ2) is 7.47. The number of hydrogen-bond acceptors (Lipinski definition) is 2. The molecule has 16 heavy (non-hydrogen) atoms. The summed E-state index contributed by atoms with van der Waals surface area (Å²) < 4.78 is 17.4. The average Bonchev–Trinajstić information content (AvgIpc) is 2.29. The predicted octanol–water partition coefficient (Wildman–Crippen LogP) is 3.19. The van der Waals surface area contributed by atoms with Crippen LogP contribution in [-0.2, 0) is 6.54 Å². The highest BCUT2D eigenvalue weighted by Gasteiger charge is 2.04. The van der Waals surface area contributed by atoms with Crippen LogP contribution in [0.25, 0.3) is 0 Å². The third-order valence-electron chi connectivity index (χ3n) is 2.12. The largest absolute Gasteiger partial charge is 0.493 e. The zero-order chi connectivity index (χ0) is 11.8. The summed E-state index contributed by atoms with van der Waals surface area (Å²) in [6.45, 7) is 3.68. The molecule has 0 aliphatic rings. The zero-order valence-electron chi connectivity index (χ0n) is 9.43. The van der Waals surface area contributed by atoms with Crippen molar-refractivity contribution in [1.82, 2.24) is 5.32 Å². The molecule has 1 N–H and O–H groups in total. The molecular weight excluding hydrogens is 229 g/mol. The van der Waals surface area contributed by atoms with Gasteiger partial charge in [0.05, 0.1) is 13.3 Å². The van der Waals surface area contributed by atoms with Crippen LogP contribution in [0, 0.1) is 0 Å². The van der Waals surface area contributed by atoms with Gasteiger partial charge in [-0.3, -0.25) is 4.39 Å². The first kappa shape index (κ1) is 13.3. The summed E-state index contributed by atoms with van der Waals surface area (Å²) >= 11 is 5.91. The van der Waals surface area contributed by atoms with Crippen LogP contribution in [-0.4, -0.2) is 19.8 Å². The summed E-state index contributed by atoms with van der Waals surface area (Å²) in [6.07, 6.45) is 0.420. The molecule has 0 amide bonds. The van der Waals surface area contributed by atoms with Crippen molar-refractivity contribution in [2.24, 2.45) is 0 Å². The summed E-state index contributed by atoms with van der Waals surface area (Å²) in [5.41, 5.74) is 1.01. The first-order chi connectivity index (χ1) is 7.77. The number of hydrogen-bond donors (Lipinski definition) is 1. The third-order valence-corrected chi connectivity index (χ3v) is 2.36. The van der Waals surface area contributed by atoms with E-state index in [1.165, 1.54) is 0 Å². The molecule has 0 saturated carbocycles. The second-order valence-corrected chi connectivity index (χ2v) is 3.86. The molecule has 0 fully saturated rings. The van der Waals surface area contributed by atoms with Crippen molar-refractivity contribution in [2.45, 2.75) is 19.9 Å². The molecule has 4 heteroatoms. The standard InChI is InChI=1S/C12H17ClFNO/c1-2-15-9-10-8-11(13)4-5-12(10)16-7-3-6-14/h4-5,8,15H,2-3,6-7,9H2,1H3. The van der Waals surface area contributed by atoms with E-state index >= 15 is 0 Å². The van der Waals surface area contributed by atoms with Crippen molar-refractivity contribution in [3.63, 3.8) is 0 Å². The van der Waals surface area contributed by atoms with Gasteiger partial charge in [0, 0.05) is 23.6 Å². The molecule has 0 atom stereocenters. The highest BCUT2D eigenvalue weighted by Crippen LogP contribution is 2.23. The molecule has 0 aliphatic carbocycles. The van der Waals surface area contributed by atoms with E-state index in [-0.39, 0.29) is 6.67 Å². The summed E-state index contributed by atoms with van der Waals surface area (Å²) in [4.78, 5) is 0. The molecule has 0 heterocycles. The maximum atomic E-state index is 11.9. The van der Waals surface area contributed by atoms with E-state index < -0.39 is 0 Å². The minimum absolute atomic E-state index is 0.351. The maximum Gasteiger partial charge on any atom is 0.123 e. The van der Waals surface area contributed by atoms with Gasteiger partial charge in [-0.15, -0.1) is 0 Å². The van der Waals surface area contributed by atoms with Gasteiger partial charge < -0.3 is 10.1 Å². The first-order valence-corrected chi connectivity index (χ1v) is 5.83. The number of alkyl halides is 1. The van der Waals surface area contributed by atoms with Crippen LogP contribution >= 0.6 is 11.6 Å². The van der Waals surface area contributed by atoms with Crippen molar-refractivity contribution >= 4 is 11.6 Å². The summed E-state index contributed by atoms with van der Waals surface area (Å²) in [6, 6.07) is 5.48. The van der Waals surface area contributed by atoms with Gasteiger partial charge in [-0.2, -0.15) is 0 Å². The van der Waals surface area contributed by atoms with Gasteiger partial charge in [0.15, 0.2) is 0 Å². The van der Waals surface area contributed by atoms with E-state index in [4.69, 9.17) is 16.3 Å². The number of ether oxygens (including phenoxy) is 1. The van der Waals surface area contributed by atoms with E-state index in [1.807, 2.05) is 19.1 Å². The van der Waals surface area contributed by atoms with Crippen molar-refractivity contribution in [3.05, 3.63) is 28.8 Å². The van der Waals surface area contributed by atoms with Crippen LogP contribution < -0.4 is 10.1 Å². The topological polar surface area (TPSA) is 21.3 Å². The Labute approximate surface area is 101 Å². The van der Waals surface area contributed by atoms with E-state index in [9.17, 15) is 4.39 Å². The fourth-order valence-corrected chi connectivity index (χ4v) is 1.52. The van der Waals surface area contributed by atoms with Crippen LogP contribution in [0.5, 0.6) is 5.75 Å². The smallest absolute Gasteiger partial charge is 0.123 e. The van der Waals surface area contributed by atoms with Gasteiger partial charge in [0.25, 0.3) is 0 Å². The monoisotopic (exact) mass is 245 g/mol. The normalized spacial score (nSPS) is 10.4. The van der Waals surface area contributed by atoms with Crippen LogP contribution in [0.2, 0.25) is 5.02 Å². The molecule has 0 aliphatic heterocycles. The molecule has 2 nitrogen and oxygen atoms in total. The van der Waals surface area contributed by atoms with Crippen molar-refractivity contribution in [2.75, 3.05) is 19.8 Å². The molecule has 0 aromatic heterocycles. The summed E-state index contributed by atoms with van der Waals surface area (Å²) in [5.74, 6) is 0.777. The zero-order valence-corrected chi connectivity index (χ0v) is 10.2. The molecule has 0 bridgehead atoms. The lowest BCUT2D eigenvalue weighted by Crippen LogP contribution is -2.13. The quantitative estimate of drug-likeness (QED) is 0.745. The number of halogens is 2. The number of benzene rings is 1. The van der Waals surface area contributed by atoms with Crippen molar-refractivity contribution < 1.29 is 9.13 Å². The fraction of sp³-hybridized carbons (Fsp3) is 0.500. The van der Waals surface area contributed by atoms with Gasteiger partial charge in [0.2, 0.25) is 0 Å². The molecule has 0 radical (unpaired) electrons. The molecule has 0 unspecified atom stereocenters. The lowest BCUT2D eigenvalue weighted by atomic mass is 10.2. The summed E-state index contributed by atoms with van der Waals surface area (Å²) in [7, 11) is 0. The van der Waals surface area contributed by atoms with Crippen LogP contribution in [0.4, 0.5) is 4.39 Å². The van der Waals surface area contributed by atoms with Gasteiger partial charge in [-0.1, -0.05) is 18.5 Å². The van der Waals surface area contributed by atoms with Crippen LogP contribution in [0.3, 0.4) is 0 Å². The Morgan fingerprint density at radius 3 is 2.94 bits per heavy atom. The van der Waals surface area contributed by atoms with E-state index in [1.54, 1.807) is 6.07 Å². The molecule has 1 aromatic carbocycles. The Kier molecular flexibility index (Phi) is 6.19. The van der Waals surface area contributed by atoms with Crippen LogP contribution in [0.15, 0.2) is 18.2 Å². The minimum Gasteiger partial charge on any atom is -0.493 e. The number of nitrogens with one attached hydrogen (secondary N) is 1. The Morgan fingerprint density at radius 2 is 2.25 bits per heavy atom. The predicted molar refractivity (Wildman–Crippen MR) is 64.9 cm³/mol. The molecule has 0 saturated heterocycles. The first-order valence-electron chi connectivity index (χ1n) is 5.45. The van der Waals surface area contributed by atoms with Gasteiger partial charge in [-0.25, -0.2) is 0 Å². The molecule has 0 spiro atoms. The Balaban J connectivity index is 2.64. The van der Waals surface area contributed by atoms with Crippen LogP contribution in [0.1, 0.15) is 18.9 Å². The summed E-state index contributed by atoms with van der Waals surface area (Å²) in [5, 5.41) is 3.90. The molecular formula is C12H17ClFNO. The van der Waals surface area contributed by atoms with E-state index in [0.29, 0.717) is 24.6 Å². The lowest BCUT2D eigenvalue weighted by molar-refractivity contribution is 0.286. The molecule has 90 valence electrons. The highest BCUT2D eigenvalue weighted by molar-refractivity contribution is 6.30. The van der Waals surface area contributed by atoms with Crippen molar-refractivity contribution in [3.8, 4) is 5.75 Å². The Morgan fingerprint density at radius 1 is 1.44 bits per heavy atom. The average molecular weight is 246 g/mol. The van der Waals surface area contributed by atoms with Gasteiger partial charge >= 0.3 is 0 Å². The maximum absolute atomic E-state index is 11.9. The van der Waals surface area contributed by atoms with E-state index in [0.717, 1.165) is 17.9 Å². The second-order valence-electron chi connectivity index (χ2n) is 3.42. The van der Waals surface area contributed by atoms with Gasteiger partial charge in [-0.05, 0) is 24.7 Å². The minimum atomic E-state index is -0.351. The molecule has 1 aromatic rings. The number of rotatable bonds is 7. The van der Waals surface area contributed by atoms with E-state index in [2.05, 4.69) is 5.32 Å². The third kappa shape index (κ3) is 4.37. The lowest BCUT2D eigenvalue weighted by Gasteiger charge is -2.11.